The molecule has 2 N–H and O–H groups in total. The first-order valence-electron chi connectivity index (χ1n) is 6.09. The van der Waals surface area contributed by atoms with Gasteiger partial charge in [-0.2, -0.15) is 16.7 Å². The molecule has 18 heavy (non-hydrogen) atoms. The van der Waals surface area contributed by atoms with Gasteiger partial charge in [0.1, 0.15) is 0 Å². The van der Waals surface area contributed by atoms with E-state index in [0.29, 0.717) is 12.4 Å². The number of rotatable bonds is 4. The van der Waals surface area contributed by atoms with Crippen molar-refractivity contribution >= 4 is 23.1 Å². The van der Waals surface area contributed by atoms with Crippen molar-refractivity contribution in [2.24, 2.45) is 5.73 Å². The highest BCUT2D eigenvalue weighted by Gasteiger charge is 2.17. The molecule has 0 bridgehead atoms. The number of nitrogens with two attached hydrogens (primary N) is 1. The molecule has 0 fully saturated rings. The molecule has 0 saturated heterocycles. The fourth-order valence-corrected chi connectivity index (χ4v) is 4.26. The van der Waals surface area contributed by atoms with Gasteiger partial charge in [-0.1, -0.05) is 5.16 Å². The minimum atomic E-state index is 0.659. The smallest absolute Gasteiger partial charge is 0.268 e. The molecule has 2 aromatic heterocycles. The van der Waals surface area contributed by atoms with E-state index in [2.05, 4.69) is 16.2 Å². The lowest BCUT2D eigenvalue weighted by Gasteiger charge is -2.08. The Labute approximate surface area is 114 Å². The molecule has 0 spiro atoms. The Morgan fingerprint density at radius 2 is 2.39 bits per heavy atom. The Kier molecular flexibility index (Phi) is 3.67. The lowest BCUT2D eigenvalue weighted by molar-refractivity contribution is 0.422. The molecule has 0 radical (unpaired) electrons. The van der Waals surface area contributed by atoms with Gasteiger partial charge in [0.15, 0.2) is 5.82 Å². The Balaban J connectivity index is 1.81. The molecule has 0 aromatic carbocycles. The minimum Gasteiger partial charge on any atom is -0.333 e. The number of fused-ring (bicyclic) bond motifs is 1. The molecule has 1 aliphatic rings. The van der Waals surface area contributed by atoms with Gasteiger partial charge >= 0.3 is 0 Å². The summed E-state index contributed by atoms with van der Waals surface area (Å²) in [5, 5.41) is 4.00. The maximum atomic E-state index is 5.47. The van der Waals surface area contributed by atoms with Crippen LogP contribution in [0.15, 0.2) is 10.6 Å². The number of thiophene rings is 1. The summed E-state index contributed by atoms with van der Waals surface area (Å²) in [5.41, 5.74) is 6.91. The Morgan fingerprint density at radius 3 is 3.22 bits per heavy atom. The number of hydrogen-bond donors (Lipinski definition) is 1. The molecule has 2 aromatic rings. The average molecular weight is 281 g/mol. The zero-order valence-electron chi connectivity index (χ0n) is 10.0. The number of nitrogens with zero attached hydrogens (tertiary/aromatic N) is 2. The summed E-state index contributed by atoms with van der Waals surface area (Å²) in [4.78, 5) is 7.01. The molecule has 0 unspecified atom stereocenters. The third-order valence-electron chi connectivity index (χ3n) is 2.91. The van der Waals surface area contributed by atoms with Crippen LogP contribution in [0, 0.1) is 0 Å². The molecule has 1 aliphatic heterocycles. The fraction of sp³-hybridized carbons (Fsp3) is 0.500. The van der Waals surface area contributed by atoms with Gasteiger partial charge in [0, 0.05) is 17.1 Å². The SMILES string of the molecule is NCCCc1noc(-c2cc3c(s2)CCSC3)n1. The van der Waals surface area contributed by atoms with Crippen LogP contribution in [-0.4, -0.2) is 22.4 Å². The van der Waals surface area contributed by atoms with Gasteiger partial charge in [-0.25, -0.2) is 0 Å². The fourth-order valence-electron chi connectivity index (χ4n) is 1.97. The third kappa shape index (κ3) is 2.46. The average Bonchev–Trinajstić information content (AvgIpc) is 3.02. The van der Waals surface area contributed by atoms with Crippen LogP contribution in [0.5, 0.6) is 0 Å². The molecule has 0 aliphatic carbocycles. The summed E-state index contributed by atoms with van der Waals surface area (Å²) < 4.78 is 5.33. The molecular formula is C12H15N3OS2. The Bertz CT molecular complexity index is 512. The van der Waals surface area contributed by atoms with Crippen molar-refractivity contribution in [1.29, 1.82) is 0 Å². The molecule has 0 atom stereocenters. The number of aryl methyl sites for hydroxylation is 2. The second kappa shape index (κ2) is 5.42. The number of hydrogen-bond acceptors (Lipinski definition) is 6. The monoisotopic (exact) mass is 281 g/mol. The molecular weight excluding hydrogens is 266 g/mol. The minimum absolute atomic E-state index is 0.659. The zero-order valence-corrected chi connectivity index (χ0v) is 11.6. The lowest BCUT2D eigenvalue weighted by atomic mass is 10.2. The topological polar surface area (TPSA) is 64.9 Å². The van der Waals surface area contributed by atoms with Gasteiger partial charge < -0.3 is 10.3 Å². The van der Waals surface area contributed by atoms with Crippen molar-refractivity contribution in [3.8, 4) is 10.8 Å². The van der Waals surface area contributed by atoms with Crippen molar-refractivity contribution in [3.05, 3.63) is 22.3 Å². The van der Waals surface area contributed by atoms with Gasteiger partial charge in [-0.15, -0.1) is 11.3 Å². The standard InChI is InChI=1S/C12H15N3OS2/c13-4-1-2-11-14-12(16-15-11)10-6-8-7-17-5-3-9(8)18-10/h6H,1-5,7,13H2. The van der Waals surface area contributed by atoms with E-state index < -0.39 is 0 Å². The normalized spacial score (nSPS) is 14.7. The number of thioether (sulfide) groups is 1. The van der Waals surface area contributed by atoms with Crippen molar-refractivity contribution < 1.29 is 4.52 Å². The van der Waals surface area contributed by atoms with Crippen molar-refractivity contribution in [3.63, 3.8) is 0 Å². The summed E-state index contributed by atoms with van der Waals surface area (Å²) in [6.07, 6.45) is 2.86. The van der Waals surface area contributed by atoms with Crippen LogP contribution in [0.1, 0.15) is 22.7 Å². The highest BCUT2D eigenvalue weighted by atomic mass is 32.2. The van der Waals surface area contributed by atoms with Crippen LogP contribution in [0.25, 0.3) is 10.8 Å². The molecule has 0 saturated carbocycles. The summed E-state index contributed by atoms with van der Waals surface area (Å²) in [6, 6.07) is 2.20. The van der Waals surface area contributed by atoms with Gasteiger partial charge in [-0.3, -0.25) is 0 Å². The summed E-state index contributed by atoms with van der Waals surface area (Å²) in [5.74, 6) is 3.75. The number of aromatic nitrogens is 2. The first-order valence-corrected chi connectivity index (χ1v) is 8.06. The Morgan fingerprint density at radius 1 is 1.44 bits per heavy atom. The summed E-state index contributed by atoms with van der Waals surface area (Å²) >= 11 is 3.78. The van der Waals surface area contributed by atoms with Crippen molar-refractivity contribution in [1.82, 2.24) is 10.1 Å². The molecule has 3 rings (SSSR count). The van der Waals surface area contributed by atoms with Crippen molar-refractivity contribution in [2.45, 2.75) is 25.0 Å². The van der Waals surface area contributed by atoms with Gasteiger partial charge in [0.05, 0.1) is 4.88 Å². The van der Waals surface area contributed by atoms with Gasteiger partial charge in [0.25, 0.3) is 5.89 Å². The molecule has 96 valence electrons. The van der Waals surface area contributed by atoms with Crippen LogP contribution in [0.4, 0.5) is 0 Å². The van der Waals surface area contributed by atoms with Crippen LogP contribution in [-0.2, 0) is 18.6 Å². The zero-order chi connectivity index (χ0) is 12.4. The van der Waals surface area contributed by atoms with Crippen LogP contribution >= 0.6 is 23.1 Å². The van der Waals surface area contributed by atoms with E-state index >= 15 is 0 Å². The predicted molar refractivity (Wildman–Crippen MR) is 74.9 cm³/mol. The van der Waals surface area contributed by atoms with E-state index in [9.17, 15) is 0 Å². The van der Waals surface area contributed by atoms with Crippen LogP contribution in [0.2, 0.25) is 0 Å². The summed E-state index contributed by atoms with van der Waals surface area (Å²) in [6.45, 7) is 0.661. The Hall–Kier alpha value is -0.850. The first-order chi connectivity index (χ1) is 8.86. The molecule has 3 heterocycles. The second-order valence-electron chi connectivity index (χ2n) is 4.27. The molecule has 0 amide bonds. The second-order valence-corrected chi connectivity index (χ2v) is 6.51. The van der Waals surface area contributed by atoms with E-state index in [1.807, 2.05) is 11.8 Å². The first kappa shape index (κ1) is 12.2. The van der Waals surface area contributed by atoms with E-state index in [1.165, 1.54) is 22.6 Å². The van der Waals surface area contributed by atoms with E-state index in [4.69, 9.17) is 10.3 Å². The van der Waals surface area contributed by atoms with Crippen LogP contribution < -0.4 is 5.73 Å². The molecule has 6 heteroatoms. The highest BCUT2D eigenvalue weighted by Crippen LogP contribution is 2.36. The quantitative estimate of drug-likeness (QED) is 0.932. The maximum absolute atomic E-state index is 5.47. The van der Waals surface area contributed by atoms with E-state index in [-0.39, 0.29) is 0 Å². The van der Waals surface area contributed by atoms with E-state index in [0.717, 1.165) is 29.3 Å². The van der Waals surface area contributed by atoms with E-state index in [1.54, 1.807) is 11.3 Å². The lowest BCUT2D eigenvalue weighted by Crippen LogP contribution is -2.01. The van der Waals surface area contributed by atoms with Gasteiger partial charge in [0.2, 0.25) is 0 Å². The maximum Gasteiger partial charge on any atom is 0.268 e. The van der Waals surface area contributed by atoms with Gasteiger partial charge in [-0.05, 0) is 36.8 Å². The highest BCUT2D eigenvalue weighted by molar-refractivity contribution is 7.98. The summed E-state index contributed by atoms with van der Waals surface area (Å²) in [7, 11) is 0. The predicted octanol–water partition coefficient (Wildman–Crippen LogP) is 2.48. The largest absolute Gasteiger partial charge is 0.333 e. The molecule has 4 nitrogen and oxygen atoms in total. The van der Waals surface area contributed by atoms with Crippen molar-refractivity contribution in [2.75, 3.05) is 12.3 Å². The van der Waals surface area contributed by atoms with Crippen LogP contribution in [0.3, 0.4) is 0 Å². The third-order valence-corrected chi connectivity index (χ3v) is 5.14.